The van der Waals surface area contributed by atoms with Crippen LogP contribution in [-0.2, 0) is 0 Å². The minimum atomic E-state index is -0.269. The number of hydrogen-bond donors (Lipinski definition) is 3. The van der Waals surface area contributed by atoms with E-state index in [0.717, 1.165) is 0 Å². The summed E-state index contributed by atoms with van der Waals surface area (Å²) in [5.41, 5.74) is 11.8. The van der Waals surface area contributed by atoms with Crippen LogP contribution in [0.15, 0.2) is 4.79 Å². The van der Waals surface area contributed by atoms with Crippen molar-refractivity contribution in [1.29, 1.82) is 0 Å². The zero-order valence-electron chi connectivity index (χ0n) is 7.09. The molecule has 0 spiro atoms. The summed E-state index contributed by atoms with van der Waals surface area (Å²) in [7, 11) is 0. The highest BCUT2D eigenvalue weighted by Crippen LogP contribution is 2.08. The van der Waals surface area contributed by atoms with Gasteiger partial charge in [0.2, 0.25) is 5.95 Å². The van der Waals surface area contributed by atoms with Crippen LogP contribution in [0, 0.1) is 6.92 Å². The van der Waals surface area contributed by atoms with Crippen molar-refractivity contribution in [1.82, 2.24) is 9.97 Å². The molecule has 12 heavy (non-hydrogen) atoms. The van der Waals surface area contributed by atoms with E-state index in [9.17, 15) is 4.79 Å². The first-order valence-electron chi connectivity index (χ1n) is 3.64. The van der Waals surface area contributed by atoms with Crippen LogP contribution < -0.4 is 17.0 Å². The quantitative estimate of drug-likeness (QED) is 0.535. The summed E-state index contributed by atoms with van der Waals surface area (Å²) in [6.45, 7) is 3.43. The first-order valence-corrected chi connectivity index (χ1v) is 3.64. The molecule has 1 atom stereocenters. The van der Waals surface area contributed by atoms with Gasteiger partial charge in [-0.2, -0.15) is 0 Å². The van der Waals surface area contributed by atoms with Gasteiger partial charge in [-0.15, -0.1) is 0 Å². The Bertz CT molecular complexity index is 342. The summed E-state index contributed by atoms with van der Waals surface area (Å²) in [6, 6.07) is -0.269. The molecule has 5 N–H and O–H groups in total. The molecule has 0 radical (unpaired) electrons. The molecule has 1 aromatic heterocycles. The van der Waals surface area contributed by atoms with Crippen LogP contribution in [0.3, 0.4) is 0 Å². The lowest BCUT2D eigenvalue weighted by Crippen LogP contribution is -2.21. The molecule has 5 heteroatoms. The normalized spacial score (nSPS) is 12.9. The van der Waals surface area contributed by atoms with E-state index in [1.54, 1.807) is 13.8 Å². The summed E-state index contributed by atoms with van der Waals surface area (Å²) in [6.07, 6.45) is 0. The Labute approximate surface area is 69.8 Å². The van der Waals surface area contributed by atoms with E-state index < -0.39 is 0 Å². The van der Waals surface area contributed by atoms with E-state index in [-0.39, 0.29) is 17.5 Å². The van der Waals surface area contributed by atoms with E-state index in [1.165, 1.54) is 0 Å². The van der Waals surface area contributed by atoms with Crippen LogP contribution in [0.1, 0.15) is 24.2 Å². The van der Waals surface area contributed by atoms with Crippen LogP contribution in [0.25, 0.3) is 0 Å². The van der Waals surface area contributed by atoms with Crippen molar-refractivity contribution < 1.29 is 0 Å². The first-order chi connectivity index (χ1) is 5.52. The van der Waals surface area contributed by atoms with Gasteiger partial charge in [0.05, 0.1) is 5.69 Å². The van der Waals surface area contributed by atoms with Gasteiger partial charge in [-0.1, -0.05) is 0 Å². The maximum Gasteiger partial charge on any atom is 0.255 e. The number of H-pyrrole nitrogens is 1. The summed E-state index contributed by atoms with van der Waals surface area (Å²) in [4.78, 5) is 17.5. The van der Waals surface area contributed by atoms with Crippen LogP contribution >= 0.6 is 0 Å². The van der Waals surface area contributed by atoms with Crippen molar-refractivity contribution in [3.05, 3.63) is 21.6 Å². The van der Waals surface area contributed by atoms with Gasteiger partial charge < -0.3 is 11.5 Å². The maximum absolute atomic E-state index is 11.1. The third kappa shape index (κ3) is 1.45. The fraction of sp³-hybridized carbons (Fsp3) is 0.429. The lowest BCUT2D eigenvalue weighted by atomic mass is 10.1. The van der Waals surface area contributed by atoms with Crippen LogP contribution in [-0.4, -0.2) is 9.97 Å². The fourth-order valence-corrected chi connectivity index (χ4v) is 1.01. The smallest absolute Gasteiger partial charge is 0.255 e. The molecule has 0 aliphatic rings. The monoisotopic (exact) mass is 168 g/mol. The van der Waals surface area contributed by atoms with Gasteiger partial charge in [0.25, 0.3) is 5.56 Å². The van der Waals surface area contributed by atoms with E-state index in [4.69, 9.17) is 11.5 Å². The van der Waals surface area contributed by atoms with Crippen LogP contribution in [0.5, 0.6) is 0 Å². The van der Waals surface area contributed by atoms with Gasteiger partial charge in [0.15, 0.2) is 0 Å². The molecule has 1 heterocycles. The Morgan fingerprint density at radius 1 is 1.58 bits per heavy atom. The average Bonchev–Trinajstić information content (AvgIpc) is 1.96. The lowest BCUT2D eigenvalue weighted by Gasteiger charge is -2.07. The molecular weight excluding hydrogens is 156 g/mol. The van der Waals surface area contributed by atoms with Gasteiger partial charge in [-0.05, 0) is 13.8 Å². The van der Waals surface area contributed by atoms with E-state index in [1.807, 2.05) is 0 Å². The first kappa shape index (κ1) is 8.73. The number of nitrogens with two attached hydrogens (primary N) is 2. The Balaban J connectivity index is 3.38. The number of aromatic nitrogens is 2. The number of rotatable bonds is 1. The highest BCUT2D eigenvalue weighted by Gasteiger charge is 2.08. The molecule has 5 nitrogen and oxygen atoms in total. The van der Waals surface area contributed by atoms with Crippen molar-refractivity contribution in [2.45, 2.75) is 19.9 Å². The van der Waals surface area contributed by atoms with Gasteiger partial charge in [0, 0.05) is 11.6 Å². The Morgan fingerprint density at radius 2 is 2.17 bits per heavy atom. The number of anilines is 1. The van der Waals surface area contributed by atoms with Crippen molar-refractivity contribution in [2.24, 2.45) is 5.73 Å². The van der Waals surface area contributed by atoms with E-state index >= 15 is 0 Å². The molecule has 0 aromatic carbocycles. The van der Waals surface area contributed by atoms with E-state index in [0.29, 0.717) is 11.3 Å². The predicted molar refractivity (Wildman–Crippen MR) is 46.6 cm³/mol. The molecule has 0 fully saturated rings. The van der Waals surface area contributed by atoms with E-state index in [2.05, 4.69) is 9.97 Å². The van der Waals surface area contributed by atoms with Crippen molar-refractivity contribution in [3.63, 3.8) is 0 Å². The molecule has 1 unspecified atom stereocenters. The molecule has 0 saturated heterocycles. The summed E-state index contributed by atoms with van der Waals surface area (Å²) in [5, 5.41) is 0. The summed E-state index contributed by atoms with van der Waals surface area (Å²) < 4.78 is 0. The van der Waals surface area contributed by atoms with Crippen LogP contribution in [0.4, 0.5) is 5.95 Å². The third-order valence-corrected chi connectivity index (χ3v) is 1.64. The van der Waals surface area contributed by atoms with Gasteiger partial charge in [-0.25, -0.2) is 4.98 Å². The number of nitrogen functional groups attached to an aromatic ring is 1. The molecule has 0 aliphatic heterocycles. The number of nitrogens with one attached hydrogen (secondary N) is 1. The zero-order chi connectivity index (χ0) is 9.30. The second kappa shape index (κ2) is 2.94. The lowest BCUT2D eigenvalue weighted by molar-refractivity contribution is 0.762. The average molecular weight is 168 g/mol. The van der Waals surface area contributed by atoms with Crippen molar-refractivity contribution >= 4 is 5.95 Å². The van der Waals surface area contributed by atoms with Crippen LogP contribution in [0.2, 0.25) is 0 Å². The Hall–Kier alpha value is -1.36. The summed E-state index contributed by atoms with van der Waals surface area (Å²) in [5.74, 6) is 0.109. The molecular formula is C7H12N4O. The fourth-order valence-electron chi connectivity index (χ4n) is 1.01. The highest BCUT2D eigenvalue weighted by atomic mass is 16.1. The number of hydrogen-bond acceptors (Lipinski definition) is 4. The largest absolute Gasteiger partial charge is 0.369 e. The second-order valence-corrected chi connectivity index (χ2v) is 2.75. The molecule has 0 bridgehead atoms. The summed E-state index contributed by atoms with van der Waals surface area (Å²) >= 11 is 0. The molecule has 66 valence electrons. The second-order valence-electron chi connectivity index (χ2n) is 2.75. The van der Waals surface area contributed by atoms with Crippen molar-refractivity contribution in [3.8, 4) is 0 Å². The number of aromatic amines is 1. The van der Waals surface area contributed by atoms with Gasteiger partial charge in [-0.3, -0.25) is 9.78 Å². The Kier molecular flexibility index (Phi) is 2.14. The predicted octanol–water partition coefficient (Wildman–Crippen LogP) is -0.320. The number of nitrogens with zero attached hydrogens (tertiary/aromatic N) is 1. The minimum absolute atomic E-state index is 0.109. The molecule has 0 aliphatic carbocycles. The van der Waals surface area contributed by atoms with Crippen molar-refractivity contribution in [2.75, 3.05) is 5.73 Å². The minimum Gasteiger partial charge on any atom is -0.369 e. The molecule has 1 rings (SSSR count). The SMILES string of the molecule is Cc1c(C(C)N)nc(N)[nH]c1=O. The molecule has 0 amide bonds. The van der Waals surface area contributed by atoms with Gasteiger partial charge >= 0.3 is 0 Å². The van der Waals surface area contributed by atoms with Gasteiger partial charge in [0.1, 0.15) is 0 Å². The maximum atomic E-state index is 11.1. The Morgan fingerprint density at radius 3 is 2.67 bits per heavy atom. The highest BCUT2D eigenvalue weighted by molar-refractivity contribution is 5.25. The topological polar surface area (TPSA) is 97.8 Å². The zero-order valence-corrected chi connectivity index (χ0v) is 7.09. The standard InChI is InChI=1S/C7H12N4O/c1-3-5(4(2)8)10-7(9)11-6(3)12/h4H,8H2,1-2H3,(H3,9,10,11,12). The third-order valence-electron chi connectivity index (χ3n) is 1.64. The molecule has 1 aromatic rings. The molecule has 0 saturated carbocycles.